The lowest BCUT2D eigenvalue weighted by Gasteiger charge is -2.11. The van der Waals surface area contributed by atoms with Crippen molar-refractivity contribution in [2.24, 2.45) is 0 Å². The maximum atomic E-state index is 12.5. The second kappa shape index (κ2) is 6.49. The summed E-state index contributed by atoms with van der Waals surface area (Å²) in [6.07, 6.45) is 0.931. The fraction of sp³-hybridized carbons (Fsp3) is 0.176. The molecule has 1 atom stereocenters. The molecule has 0 fully saturated rings. The molecule has 0 amide bonds. The third kappa shape index (κ3) is 2.97. The van der Waals surface area contributed by atoms with E-state index in [9.17, 15) is 10.1 Å². The summed E-state index contributed by atoms with van der Waals surface area (Å²) < 4.78 is 0.782. The van der Waals surface area contributed by atoms with E-state index in [0.717, 1.165) is 10.9 Å². The number of benzene rings is 2. The van der Waals surface area contributed by atoms with Gasteiger partial charge >= 0.3 is 0 Å². The Kier molecular flexibility index (Phi) is 4.70. The summed E-state index contributed by atoms with van der Waals surface area (Å²) in [5.41, 5.74) is 2.46. The SMILES string of the molecule is CCc1ccc(C(=O)C(C#N)c2ccccc2Br)cc1. The summed E-state index contributed by atoms with van der Waals surface area (Å²) in [6, 6.07) is 16.9. The number of rotatable bonds is 4. The van der Waals surface area contributed by atoms with Crippen LogP contribution in [0.4, 0.5) is 0 Å². The minimum absolute atomic E-state index is 0.165. The zero-order valence-electron chi connectivity index (χ0n) is 11.1. The Morgan fingerprint density at radius 3 is 2.40 bits per heavy atom. The van der Waals surface area contributed by atoms with E-state index >= 15 is 0 Å². The quantitative estimate of drug-likeness (QED) is 0.775. The molecule has 0 aliphatic carbocycles. The van der Waals surface area contributed by atoms with E-state index in [2.05, 4.69) is 28.9 Å². The lowest BCUT2D eigenvalue weighted by molar-refractivity contribution is 0.0978. The highest BCUT2D eigenvalue weighted by molar-refractivity contribution is 9.10. The zero-order valence-corrected chi connectivity index (χ0v) is 12.7. The highest BCUT2D eigenvalue weighted by Gasteiger charge is 2.23. The number of Topliss-reactive ketones (excluding diaryl/α,β-unsaturated/α-hetero) is 1. The van der Waals surface area contributed by atoms with Gasteiger partial charge in [0.1, 0.15) is 5.92 Å². The first-order valence-corrected chi connectivity index (χ1v) is 7.24. The number of hydrogen-bond donors (Lipinski definition) is 0. The molecule has 2 aromatic carbocycles. The summed E-state index contributed by atoms with van der Waals surface area (Å²) in [6.45, 7) is 2.07. The van der Waals surface area contributed by atoms with Gasteiger partial charge in [0.2, 0.25) is 0 Å². The van der Waals surface area contributed by atoms with Gasteiger partial charge in [-0.05, 0) is 23.6 Å². The molecule has 2 aromatic rings. The van der Waals surface area contributed by atoms with E-state index in [4.69, 9.17) is 0 Å². The van der Waals surface area contributed by atoms with Crippen LogP contribution in [0.5, 0.6) is 0 Å². The maximum absolute atomic E-state index is 12.5. The average Bonchev–Trinajstić information content (AvgIpc) is 2.50. The molecule has 1 unspecified atom stereocenters. The number of aryl methyl sites for hydroxylation is 1. The summed E-state index contributed by atoms with van der Waals surface area (Å²) in [5.74, 6) is -0.944. The van der Waals surface area contributed by atoms with Crippen molar-refractivity contribution in [1.82, 2.24) is 0 Å². The van der Waals surface area contributed by atoms with Crippen LogP contribution in [-0.4, -0.2) is 5.78 Å². The van der Waals surface area contributed by atoms with Gasteiger partial charge in [-0.25, -0.2) is 0 Å². The van der Waals surface area contributed by atoms with Crippen molar-refractivity contribution >= 4 is 21.7 Å². The minimum Gasteiger partial charge on any atom is -0.292 e. The molecular formula is C17H14BrNO. The van der Waals surface area contributed by atoms with Crippen molar-refractivity contribution in [3.05, 3.63) is 69.7 Å². The molecule has 0 radical (unpaired) electrons. The van der Waals surface area contributed by atoms with E-state index in [-0.39, 0.29) is 5.78 Å². The molecule has 0 spiro atoms. The topological polar surface area (TPSA) is 40.9 Å². The second-order valence-corrected chi connectivity index (χ2v) is 5.35. The minimum atomic E-state index is -0.780. The van der Waals surface area contributed by atoms with Crippen molar-refractivity contribution in [3.63, 3.8) is 0 Å². The first kappa shape index (κ1) is 14.5. The number of carbonyl (C=O) groups is 1. The predicted molar refractivity (Wildman–Crippen MR) is 82.6 cm³/mol. The summed E-state index contributed by atoms with van der Waals surface area (Å²) >= 11 is 3.40. The van der Waals surface area contributed by atoms with Crippen LogP contribution in [0.3, 0.4) is 0 Å². The highest BCUT2D eigenvalue weighted by Crippen LogP contribution is 2.27. The Bertz CT molecular complexity index is 655. The molecular weight excluding hydrogens is 314 g/mol. The maximum Gasteiger partial charge on any atom is 0.184 e. The van der Waals surface area contributed by atoms with Crippen LogP contribution < -0.4 is 0 Å². The first-order valence-electron chi connectivity index (χ1n) is 6.44. The molecule has 0 aromatic heterocycles. The Morgan fingerprint density at radius 1 is 1.20 bits per heavy atom. The van der Waals surface area contributed by atoms with Crippen molar-refractivity contribution < 1.29 is 4.79 Å². The van der Waals surface area contributed by atoms with Crippen molar-refractivity contribution in [2.45, 2.75) is 19.3 Å². The molecule has 0 heterocycles. The summed E-state index contributed by atoms with van der Waals surface area (Å²) in [7, 11) is 0. The molecule has 3 heteroatoms. The number of nitrogens with zero attached hydrogens (tertiary/aromatic N) is 1. The van der Waals surface area contributed by atoms with Gasteiger partial charge in [-0.3, -0.25) is 4.79 Å². The van der Waals surface area contributed by atoms with E-state index in [1.54, 1.807) is 18.2 Å². The molecule has 0 aliphatic heterocycles. The van der Waals surface area contributed by atoms with Crippen LogP contribution in [0.25, 0.3) is 0 Å². The van der Waals surface area contributed by atoms with E-state index < -0.39 is 5.92 Å². The van der Waals surface area contributed by atoms with Crippen molar-refractivity contribution in [1.29, 1.82) is 5.26 Å². The van der Waals surface area contributed by atoms with Crippen LogP contribution in [-0.2, 0) is 6.42 Å². The first-order chi connectivity index (χ1) is 9.67. The highest BCUT2D eigenvalue weighted by atomic mass is 79.9. The molecule has 0 saturated carbocycles. The second-order valence-electron chi connectivity index (χ2n) is 4.50. The normalized spacial score (nSPS) is 11.7. The number of nitriles is 1. The molecule has 0 N–H and O–H groups in total. The van der Waals surface area contributed by atoms with Gasteiger partial charge in [-0.15, -0.1) is 0 Å². The van der Waals surface area contributed by atoms with Gasteiger partial charge in [0, 0.05) is 10.0 Å². The van der Waals surface area contributed by atoms with Crippen molar-refractivity contribution in [2.75, 3.05) is 0 Å². The van der Waals surface area contributed by atoms with Gasteiger partial charge in [0.05, 0.1) is 6.07 Å². The number of ketones is 1. The lowest BCUT2D eigenvalue weighted by Crippen LogP contribution is -2.11. The van der Waals surface area contributed by atoms with E-state index in [1.165, 1.54) is 5.56 Å². The van der Waals surface area contributed by atoms with Crippen LogP contribution in [0.1, 0.15) is 34.3 Å². The Labute approximate surface area is 127 Å². The van der Waals surface area contributed by atoms with E-state index in [0.29, 0.717) is 11.1 Å². The Hall–Kier alpha value is -1.92. The monoisotopic (exact) mass is 327 g/mol. The number of halogens is 1. The Balaban J connectivity index is 2.35. The summed E-state index contributed by atoms with van der Waals surface area (Å²) in [4.78, 5) is 12.5. The molecule has 100 valence electrons. The number of carbonyl (C=O) groups excluding carboxylic acids is 1. The lowest BCUT2D eigenvalue weighted by atomic mass is 9.91. The van der Waals surface area contributed by atoms with Crippen molar-refractivity contribution in [3.8, 4) is 6.07 Å². The third-order valence-electron chi connectivity index (χ3n) is 3.25. The molecule has 0 saturated heterocycles. The third-order valence-corrected chi connectivity index (χ3v) is 3.98. The fourth-order valence-corrected chi connectivity index (χ4v) is 2.56. The standard InChI is InChI=1S/C17H14BrNO/c1-2-12-7-9-13(10-8-12)17(20)15(11-19)14-5-3-4-6-16(14)18/h3-10,15H,2H2,1H3. The van der Waals surface area contributed by atoms with Gasteiger partial charge in [0.25, 0.3) is 0 Å². The molecule has 20 heavy (non-hydrogen) atoms. The average molecular weight is 328 g/mol. The van der Waals surface area contributed by atoms with Crippen LogP contribution in [0.2, 0.25) is 0 Å². The Morgan fingerprint density at radius 2 is 1.85 bits per heavy atom. The molecule has 0 aliphatic rings. The van der Waals surface area contributed by atoms with Gasteiger partial charge in [-0.1, -0.05) is 65.3 Å². The summed E-state index contributed by atoms with van der Waals surface area (Å²) in [5, 5.41) is 9.34. The predicted octanol–water partition coefficient (Wildman–Crippen LogP) is 4.50. The zero-order chi connectivity index (χ0) is 14.5. The fourth-order valence-electron chi connectivity index (χ4n) is 2.05. The largest absolute Gasteiger partial charge is 0.292 e. The van der Waals surface area contributed by atoms with Crippen LogP contribution in [0.15, 0.2) is 53.0 Å². The van der Waals surface area contributed by atoms with Gasteiger partial charge < -0.3 is 0 Å². The van der Waals surface area contributed by atoms with E-state index in [1.807, 2.05) is 30.3 Å². The number of hydrogen-bond acceptors (Lipinski definition) is 2. The van der Waals surface area contributed by atoms with Gasteiger partial charge in [-0.2, -0.15) is 5.26 Å². The molecule has 0 bridgehead atoms. The molecule has 2 nitrogen and oxygen atoms in total. The molecule has 2 rings (SSSR count). The van der Waals surface area contributed by atoms with Crippen LogP contribution in [0, 0.1) is 11.3 Å². The smallest absolute Gasteiger partial charge is 0.184 e. The van der Waals surface area contributed by atoms with Gasteiger partial charge in [0.15, 0.2) is 5.78 Å². The van der Waals surface area contributed by atoms with Crippen LogP contribution >= 0.6 is 15.9 Å².